The van der Waals surface area contributed by atoms with Gasteiger partial charge < -0.3 is 5.32 Å². The first-order valence-electron chi connectivity index (χ1n) is 8.17. The van der Waals surface area contributed by atoms with Crippen LogP contribution in [0, 0.1) is 0 Å². The summed E-state index contributed by atoms with van der Waals surface area (Å²) in [5.41, 5.74) is 1.18. The zero-order valence-electron chi connectivity index (χ0n) is 13.8. The predicted octanol–water partition coefficient (Wildman–Crippen LogP) is 3.83. The molecule has 0 saturated carbocycles. The Balaban J connectivity index is 2.16. The lowest BCUT2D eigenvalue weighted by Gasteiger charge is -2.34. The first kappa shape index (κ1) is 18.6. The Morgan fingerprint density at radius 1 is 1.13 bits per heavy atom. The molecular formula is C16H26NO5P. The second kappa shape index (κ2) is 8.92. The molecule has 1 N–H and O–H groups in total. The van der Waals surface area contributed by atoms with Gasteiger partial charge in [-0.15, -0.1) is 9.35 Å². The van der Waals surface area contributed by atoms with E-state index < -0.39 is 12.9 Å². The quantitative estimate of drug-likeness (QED) is 0.396. The van der Waals surface area contributed by atoms with Gasteiger partial charge >= 0.3 is 7.60 Å². The van der Waals surface area contributed by atoms with Gasteiger partial charge in [0.1, 0.15) is 5.28 Å². The molecule has 1 aromatic carbocycles. The maximum absolute atomic E-state index is 13.3. The van der Waals surface area contributed by atoms with Gasteiger partial charge in [0.2, 0.25) is 0 Å². The summed E-state index contributed by atoms with van der Waals surface area (Å²) < 4.78 is 23.7. The largest absolute Gasteiger partial charge is 0.403 e. The van der Waals surface area contributed by atoms with Crippen LogP contribution in [0.5, 0.6) is 0 Å². The molecule has 0 amide bonds. The minimum atomic E-state index is -3.62. The van der Waals surface area contributed by atoms with E-state index in [1.807, 2.05) is 18.2 Å². The Morgan fingerprint density at radius 2 is 1.78 bits per heavy atom. The Morgan fingerprint density at radius 3 is 2.30 bits per heavy atom. The van der Waals surface area contributed by atoms with Gasteiger partial charge in [-0.1, -0.05) is 30.3 Å². The van der Waals surface area contributed by atoms with Crippen molar-refractivity contribution in [3.63, 3.8) is 0 Å². The molecule has 0 bridgehead atoms. The first-order valence-corrected chi connectivity index (χ1v) is 9.71. The first-order chi connectivity index (χ1) is 11.2. The molecule has 0 radical (unpaired) electrons. The smallest absolute Gasteiger partial charge is 0.301 e. The highest BCUT2D eigenvalue weighted by molar-refractivity contribution is 7.55. The van der Waals surface area contributed by atoms with E-state index >= 15 is 0 Å². The average Bonchev–Trinajstić information content (AvgIpc) is 3.08. The molecule has 6 nitrogen and oxygen atoms in total. The van der Waals surface area contributed by atoms with E-state index in [4.69, 9.17) is 19.1 Å². The van der Waals surface area contributed by atoms with Crippen molar-refractivity contribution in [1.29, 1.82) is 0 Å². The van der Waals surface area contributed by atoms with Crippen molar-refractivity contribution in [2.24, 2.45) is 0 Å². The number of benzene rings is 1. The summed E-state index contributed by atoms with van der Waals surface area (Å²) in [6.45, 7) is 4.87. The molecule has 1 fully saturated rings. The fraction of sp³-hybridized carbons (Fsp3) is 0.625. The molecule has 1 heterocycles. The molecule has 1 aliphatic rings. The summed E-state index contributed by atoms with van der Waals surface area (Å²) in [5.74, 6) is 0. The van der Waals surface area contributed by atoms with Crippen LogP contribution in [0.15, 0.2) is 30.3 Å². The van der Waals surface area contributed by atoms with E-state index in [0.29, 0.717) is 12.8 Å². The molecule has 23 heavy (non-hydrogen) atoms. The molecule has 130 valence electrons. The number of hydrogen-bond acceptors (Lipinski definition) is 6. The minimum Gasteiger partial charge on any atom is -0.301 e. The third-order valence-corrected chi connectivity index (χ3v) is 6.21. The van der Waals surface area contributed by atoms with E-state index in [1.54, 1.807) is 13.8 Å². The van der Waals surface area contributed by atoms with Gasteiger partial charge in [0.05, 0.1) is 13.2 Å². The maximum Gasteiger partial charge on any atom is 0.403 e. The third kappa shape index (κ3) is 4.63. The average molecular weight is 343 g/mol. The van der Waals surface area contributed by atoms with E-state index in [1.165, 1.54) is 5.56 Å². The molecule has 1 aromatic rings. The number of hydrogen-bond donors (Lipinski definition) is 1. The summed E-state index contributed by atoms with van der Waals surface area (Å²) in [6.07, 6.45) is 2.98. The van der Waals surface area contributed by atoms with Crippen LogP contribution in [-0.2, 0) is 30.1 Å². The van der Waals surface area contributed by atoms with Crippen LogP contribution in [0.2, 0.25) is 0 Å². The number of nitrogens with one attached hydrogen (secondary N) is 1. The normalized spacial score (nSPS) is 21.7. The van der Waals surface area contributed by atoms with Gasteiger partial charge in [-0.25, -0.2) is 9.78 Å². The van der Waals surface area contributed by atoms with Crippen molar-refractivity contribution in [3.05, 3.63) is 35.9 Å². The van der Waals surface area contributed by atoms with Crippen LogP contribution in [-0.4, -0.2) is 25.0 Å². The molecule has 7 heteroatoms. The zero-order chi connectivity index (χ0) is 16.6. The number of aryl methyl sites for hydroxylation is 1. The zero-order valence-corrected chi connectivity index (χ0v) is 14.7. The molecule has 1 atom stereocenters. The maximum atomic E-state index is 13.3. The molecular weight excluding hydrogens is 317 g/mol. The van der Waals surface area contributed by atoms with Crippen LogP contribution >= 0.6 is 7.60 Å². The Labute approximate surface area is 137 Å². The van der Waals surface area contributed by atoms with Crippen molar-refractivity contribution in [2.75, 3.05) is 19.8 Å². The van der Waals surface area contributed by atoms with E-state index in [0.717, 1.165) is 19.4 Å². The SMILES string of the molecule is CCOOP(=O)(OOCC)C1(CCc2ccccc2)CCCN1. The van der Waals surface area contributed by atoms with Gasteiger partial charge in [0, 0.05) is 0 Å². The summed E-state index contributed by atoms with van der Waals surface area (Å²) in [7, 11) is -3.62. The standard InChI is InChI=1S/C16H26NO5P/c1-3-19-21-23(18,22-20-4-2)16(12-8-14-17-16)13-11-15-9-6-5-7-10-15/h5-7,9-10,17H,3-4,8,11-14H2,1-2H3. The van der Waals surface area contributed by atoms with Crippen molar-refractivity contribution in [2.45, 2.75) is 44.8 Å². The fourth-order valence-electron chi connectivity index (χ4n) is 2.77. The topological polar surface area (TPSA) is 66.0 Å². The predicted molar refractivity (Wildman–Crippen MR) is 87.8 cm³/mol. The van der Waals surface area contributed by atoms with Gasteiger partial charge in [-0.05, 0) is 51.6 Å². The van der Waals surface area contributed by atoms with Crippen LogP contribution in [0.3, 0.4) is 0 Å². The summed E-state index contributed by atoms with van der Waals surface area (Å²) in [5, 5.41) is 2.54. The molecule has 1 saturated heterocycles. The number of rotatable bonds is 10. The second-order valence-electron chi connectivity index (χ2n) is 5.51. The molecule has 1 unspecified atom stereocenters. The van der Waals surface area contributed by atoms with Crippen LogP contribution in [0.4, 0.5) is 0 Å². The molecule has 2 rings (SSSR count). The van der Waals surface area contributed by atoms with Gasteiger partial charge in [0.15, 0.2) is 0 Å². The van der Waals surface area contributed by atoms with Crippen molar-refractivity contribution in [1.82, 2.24) is 5.32 Å². The third-order valence-electron chi connectivity index (χ3n) is 3.95. The van der Waals surface area contributed by atoms with Crippen LogP contribution < -0.4 is 5.32 Å². The lowest BCUT2D eigenvalue weighted by Crippen LogP contribution is -2.41. The highest BCUT2D eigenvalue weighted by Crippen LogP contribution is 2.63. The Kier molecular flexibility index (Phi) is 7.21. The van der Waals surface area contributed by atoms with Gasteiger partial charge in [0.25, 0.3) is 0 Å². The highest BCUT2D eigenvalue weighted by atomic mass is 31.2. The summed E-state index contributed by atoms with van der Waals surface area (Å²) >= 11 is 0. The van der Waals surface area contributed by atoms with Gasteiger partial charge in [-0.2, -0.15) is 0 Å². The van der Waals surface area contributed by atoms with Crippen molar-refractivity contribution in [3.8, 4) is 0 Å². The monoisotopic (exact) mass is 343 g/mol. The van der Waals surface area contributed by atoms with E-state index in [9.17, 15) is 4.57 Å². The molecule has 1 aliphatic heterocycles. The highest BCUT2D eigenvalue weighted by Gasteiger charge is 2.54. The lowest BCUT2D eigenvalue weighted by atomic mass is 10.0. The fourth-order valence-corrected chi connectivity index (χ4v) is 4.69. The Bertz CT molecular complexity index is 492. The second-order valence-corrected chi connectivity index (χ2v) is 7.66. The Hall–Kier alpha value is -0.750. The van der Waals surface area contributed by atoms with E-state index in [2.05, 4.69) is 17.4 Å². The van der Waals surface area contributed by atoms with Crippen molar-refractivity contribution >= 4 is 7.60 Å². The van der Waals surface area contributed by atoms with Gasteiger partial charge in [-0.3, -0.25) is 4.57 Å². The minimum absolute atomic E-state index is 0.286. The van der Waals surface area contributed by atoms with Crippen LogP contribution in [0.25, 0.3) is 0 Å². The lowest BCUT2D eigenvalue weighted by molar-refractivity contribution is -0.267. The molecule has 0 aliphatic carbocycles. The van der Waals surface area contributed by atoms with Crippen LogP contribution in [0.1, 0.15) is 38.7 Å². The van der Waals surface area contributed by atoms with E-state index in [-0.39, 0.29) is 13.2 Å². The summed E-state index contributed by atoms with van der Waals surface area (Å²) in [4.78, 5) is 9.95. The molecule has 0 spiro atoms. The van der Waals surface area contributed by atoms with Crippen molar-refractivity contribution < 1.29 is 23.7 Å². The summed E-state index contributed by atoms with van der Waals surface area (Å²) in [6, 6.07) is 10.1. The molecule has 0 aromatic heterocycles.